The molecule has 28 heavy (non-hydrogen) atoms. The van der Waals surface area contributed by atoms with Gasteiger partial charge in [0.25, 0.3) is 0 Å². The fraction of sp³-hybridized carbons (Fsp3) is 0.185. The summed E-state index contributed by atoms with van der Waals surface area (Å²) in [7, 11) is 0. The van der Waals surface area contributed by atoms with Gasteiger partial charge >= 0.3 is 0 Å². The van der Waals surface area contributed by atoms with Crippen LogP contribution in [-0.4, -0.2) is 0 Å². The maximum Gasteiger partial charge on any atom is 0.0431 e. The van der Waals surface area contributed by atoms with Crippen molar-refractivity contribution in [2.24, 2.45) is 0 Å². The van der Waals surface area contributed by atoms with Crippen molar-refractivity contribution in [2.75, 3.05) is 5.32 Å². The Morgan fingerprint density at radius 3 is 2.25 bits per heavy atom. The molecule has 0 spiro atoms. The number of fused-ring (bicyclic) bond motifs is 3. The van der Waals surface area contributed by atoms with Crippen LogP contribution in [0, 0.1) is 0 Å². The third-order valence-corrected chi connectivity index (χ3v) is 5.73. The summed E-state index contributed by atoms with van der Waals surface area (Å²) >= 11 is 0. The molecule has 3 aromatic carbocycles. The molecule has 1 aliphatic carbocycles. The van der Waals surface area contributed by atoms with Crippen molar-refractivity contribution in [1.82, 2.24) is 0 Å². The van der Waals surface area contributed by atoms with Crippen LogP contribution in [0.5, 0.6) is 0 Å². The van der Waals surface area contributed by atoms with E-state index in [2.05, 4.69) is 118 Å². The minimum Gasteiger partial charge on any atom is -0.355 e. The molecule has 140 valence electrons. The zero-order valence-corrected chi connectivity index (χ0v) is 17.1. The molecule has 0 fully saturated rings. The Labute approximate surface area is 168 Å². The third-order valence-electron chi connectivity index (χ3n) is 5.73. The highest BCUT2D eigenvalue weighted by molar-refractivity contribution is 5.87. The third kappa shape index (κ3) is 2.97. The van der Waals surface area contributed by atoms with Gasteiger partial charge in [-0.3, -0.25) is 0 Å². The van der Waals surface area contributed by atoms with Gasteiger partial charge in [0.05, 0.1) is 0 Å². The smallest absolute Gasteiger partial charge is 0.0431 e. The molecular weight excluding hydrogens is 338 g/mol. The van der Waals surface area contributed by atoms with Crippen LogP contribution in [0.1, 0.15) is 44.4 Å². The standard InChI is InChI=1S/C27H27N/c1-5-10-19(6-2)20-15-17-21(18-16-20)28-25-14-9-12-23-22-11-7-8-13-24(22)27(3,4)26(23)25/h5-18,28H,1-4H3/b10-5-,19-6+. The Balaban J connectivity index is 1.70. The van der Waals surface area contributed by atoms with E-state index in [1.807, 2.05) is 0 Å². The van der Waals surface area contributed by atoms with Crippen molar-refractivity contribution >= 4 is 16.9 Å². The first kappa shape index (κ1) is 18.3. The number of nitrogens with one attached hydrogen (secondary N) is 1. The van der Waals surface area contributed by atoms with Gasteiger partial charge in [0, 0.05) is 16.8 Å². The predicted octanol–water partition coefficient (Wildman–Crippen LogP) is 7.72. The molecule has 1 heteroatoms. The van der Waals surface area contributed by atoms with Crippen LogP contribution >= 0.6 is 0 Å². The lowest BCUT2D eigenvalue weighted by Gasteiger charge is -2.24. The Hall–Kier alpha value is -3.06. The average molecular weight is 366 g/mol. The van der Waals surface area contributed by atoms with Crippen LogP contribution in [-0.2, 0) is 5.41 Å². The molecule has 0 bridgehead atoms. The Morgan fingerprint density at radius 2 is 1.54 bits per heavy atom. The molecule has 0 unspecified atom stereocenters. The zero-order chi connectivity index (χ0) is 19.7. The van der Waals surface area contributed by atoms with E-state index in [-0.39, 0.29) is 5.41 Å². The highest BCUT2D eigenvalue weighted by Crippen LogP contribution is 2.51. The summed E-state index contributed by atoms with van der Waals surface area (Å²) in [6.07, 6.45) is 6.37. The van der Waals surface area contributed by atoms with Gasteiger partial charge < -0.3 is 5.32 Å². The largest absolute Gasteiger partial charge is 0.355 e. The Morgan fingerprint density at radius 1 is 0.821 bits per heavy atom. The van der Waals surface area contributed by atoms with Gasteiger partial charge in [0.15, 0.2) is 0 Å². The second-order valence-corrected chi connectivity index (χ2v) is 7.85. The van der Waals surface area contributed by atoms with E-state index in [1.165, 1.54) is 39.1 Å². The van der Waals surface area contributed by atoms with E-state index < -0.39 is 0 Å². The van der Waals surface area contributed by atoms with Gasteiger partial charge in [-0.2, -0.15) is 0 Å². The van der Waals surface area contributed by atoms with Crippen LogP contribution < -0.4 is 5.32 Å². The molecule has 0 radical (unpaired) electrons. The summed E-state index contributed by atoms with van der Waals surface area (Å²) in [5.74, 6) is 0. The Bertz CT molecular complexity index is 1070. The van der Waals surface area contributed by atoms with E-state index in [1.54, 1.807) is 0 Å². The van der Waals surface area contributed by atoms with Crippen LogP contribution in [0.3, 0.4) is 0 Å². The van der Waals surface area contributed by atoms with Crippen LogP contribution in [0.25, 0.3) is 16.7 Å². The SMILES string of the molecule is C/C=C\C(=C/C)c1ccc(Nc2cccc3c2C(C)(C)c2ccccc2-3)cc1. The van der Waals surface area contributed by atoms with E-state index in [4.69, 9.17) is 0 Å². The summed E-state index contributed by atoms with van der Waals surface area (Å²) in [4.78, 5) is 0. The molecule has 0 saturated carbocycles. The van der Waals surface area contributed by atoms with Gasteiger partial charge in [0.2, 0.25) is 0 Å². The summed E-state index contributed by atoms with van der Waals surface area (Å²) in [5, 5.41) is 3.67. The first-order valence-corrected chi connectivity index (χ1v) is 9.96. The van der Waals surface area contributed by atoms with Crippen molar-refractivity contribution in [3.8, 4) is 11.1 Å². The first-order valence-electron chi connectivity index (χ1n) is 9.96. The van der Waals surface area contributed by atoms with Crippen molar-refractivity contribution in [3.05, 3.63) is 102 Å². The number of anilines is 2. The summed E-state index contributed by atoms with van der Waals surface area (Å²) in [5.41, 5.74) is 10.2. The first-order chi connectivity index (χ1) is 13.6. The summed E-state index contributed by atoms with van der Waals surface area (Å²) in [6, 6.07) is 24.0. The second kappa shape index (κ2) is 7.16. The normalized spacial score (nSPS) is 14.8. The number of hydrogen-bond donors (Lipinski definition) is 1. The van der Waals surface area contributed by atoms with E-state index in [0.717, 1.165) is 5.69 Å². The van der Waals surface area contributed by atoms with Crippen molar-refractivity contribution < 1.29 is 0 Å². The zero-order valence-electron chi connectivity index (χ0n) is 17.1. The molecular formula is C27H27N. The Kier molecular flexibility index (Phi) is 4.68. The second-order valence-electron chi connectivity index (χ2n) is 7.85. The highest BCUT2D eigenvalue weighted by atomic mass is 14.9. The molecule has 0 aliphatic heterocycles. The molecule has 3 aromatic rings. The molecule has 4 rings (SSSR count). The number of rotatable bonds is 4. The molecule has 0 saturated heterocycles. The van der Waals surface area contributed by atoms with Crippen molar-refractivity contribution in [3.63, 3.8) is 0 Å². The maximum absolute atomic E-state index is 3.67. The molecule has 0 heterocycles. The van der Waals surface area contributed by atoms with Crippen LogP contribution in [0.2, 0.25) is 0 Å². The predicted molar refractivity (Wildman–Crippen MR) is 122 cm³/mol. The van der Waals surface area contributed by atoms with Gasteiger partial charge in [-0.15, -0.1) is 0 Å². The van der Waals surface area contributed by atoms with Crippen LogP contribution in [0.4, 0.5) is 11.4 Å². The van der Waals surface area contributed by atoms with Crippen molar-refractivity contribution in [1.29, 1.82) is 0 Å². The van der Waals surface area contributed by atoms with E-state index in [9.17, 15) is 0 Å². The summed E-state index contributed by atoms with van der Waals surface area (Å²) in [6.45, 7) is 8.77. The van der Waals surface area contributed by atoms with Crippen molar-refractivity contribution in [2.45, 2.75) is 33.1 Å². The molecule has 1 nitrogen and oxygen atoms in total. The number of hydrogen-bond acceptors (Lipinski definition) is 1. The fourth-order valence-corrected chi connectivity index (χ4v) is 4.39. The highest BCUT2D eigenvalue weighted by Gasteiger charge is 2.37. The molecule has 0 amide bonds. The molecule has 1 aliphatic rings. The maximum atomic E-state index is 3.67. The monoisotopic (exact) mass is 365 g/mol. The number of benzene rings is 3. The van der Waals surface area contributed by atoms with Gasteiger partial charge in [0.1, 0.15) is 0 Å². The fourth-order valence-electron chi connectivity index (χ4n) is 4.39. The molecule has 0 atom stereocenters. The van der Waals surface area contributed by atoms with Crippen LogP contribution in [0.15, 0.2) is 85.0 Å². The lowest BCUT2D eigenvalue weighted by Crippen LogP contribution is -2.16. The quantitative estimate of drug-likeness (QED) is 0.467. The van der Waals surface area contributed by atoms with E-state index >= 15 is 0 Å². The van der Waals surface area contributed by atoms with Gasteiger partial charge in [-0.1, -0.05) is 80.6 Å². The minimum absolute atomic E-state index is 0.0144. The van der Waals surface area contributed by atoms with Gasteiger partial charge in [-0.05, 0) is 65.4 Å². The molecule has 0 aromatic heterocycles. The lowest BCUT2D eigenvalue weighted by atomic mass is 9.81. The average Bonchev–Trinajstić information content (AvgIpc) is 2.95. The minimum atomic E-state index is -0.0144. The topological polar surface area (TPSA) is 12.0 Å². The number of allylic oxidation sites excluding steroid dienone is 4. The van der Waals surface area contributed by atoms with Gasteiger partial charge in [-0.25, -0.2) is 0 Å². The molecule has 1 N–H and O–H groups in total. The lowest BCUT2D eigenvalue weighted by molar-refractivity contribution is 0.662. The summed E-state index contributed by atoms with van der Waals surface area (Å²) < 4.78 is 0. The van der Waals surface area contributed by atoms with E-state index in [0.29, 0.717) is 0 Å².